The molecule has 3 aromatic rings. The highest BCUT2D eigenvalue weighted by Gasteiger charge is 2.18. The Labute approximate surface area is 154 Å². The number of fused-ring (bicyclic) bond motifs is 1. The summed E-state index contributed by atoms with van der Waals surface area (Å²) in [5.41, 5.74) is 6.64. The SMILES string of the molecule is CC(Sc1nc(Nc2ccccc2)c2ccccc2n1)C(=O)NC(N)=O. The van der Waals surface area contributed by atoms with Crippen LogP contribution in [0.15, 0.2) is 59.8 Å². The molecule has 0 aliphatic carbocycles. The monoisotopic (exact) mass is 367 g/mol. The van der Waals surface area contributed by atoms with Crippen LogP contribution in [0.4, 0.5) is 16.3 Å². The molecule has 0 fully saturated rings. The van der Waals surface area contributed by atoms with Gasteiger partial charge >= 0.3 is 6.03 Å². The number of primary amides is 1. The highest BCUT2D eigenvalue weighted by molar-refractivity contribution is 8.00. The maximum Gasteiger partial charge on any atom is 0.318 e. The first kappa shape index (κ1) is 17.7. The summed E-state index contributed by atoms with van der Waals surface area (Å²) < 4.78 is 0. The summed E-state index contributed by atoms with van der Waals surface area (Å²) in [6.07, 6.45) is 0. The van der Waals surface area contributed by atoms with E-state index in [2.05, 4.69) is 20.6 Å². The van der Waals surface area contributed by atoms with Crippen LogP contribution in [0.3, 0.4) is 0 Å². The first-order valence-electron chi connectivity index (χ1n) is 7.89. The topological polar surface area (TPSA) is 110 Å². The van der Waals surface area contributed by atoms with Crippen molar-refractivity contribution in [2.75, 3.05) is 5.32 Å². The predicted octanol–water partition coefficient (Wildman–Crippen LogP) is 3.05. The van der Waals surface area contributed by atoms with Crippen LogP contribution in [-0.4, -0.2) is 27.2 Å². The fourth-order valence-corrected chi connectivity index (χ4v) is 3.07. The Morgan fingerprint density at radius 2 is 1.73 bits per heavy atom. The first-order chi connectivity index (χ1) is 12.5. The van der Waals surface area contributed by atoms with Crippen LogP contribution in [0.25, 0.3) is 10.9 Å². The van der Waals surface area contributed by atoms with Gasteiger partial charge < -0.3 is 11.1 Å². The number of imide groups is 1. The molecule has 7 nitrogen and oxygen atoms in total. The molecule has 0 saturated carbocycles. The van der Waals surface area contributed by atoms with Crippen molar-refractivity contribution < 1.29 is 9.59 Å². The van der Waals surface area contributed by atoms with E-state index in [0.29, 0.717) is 11.0 Å². The molecule has 132 valence electrons. The zero-order chi connectivity index (χ0) is 18.5. The van der Waals surface area contributed by atoms with E-state index < -0.39 is 17.2 Å². The van der Waals surface area contributed by atoms with E-state index in [1.807, 2.05) is 54.6 Å². The molecule has 0 radical (unpaired) electrons. The minimum atomic E-state index is -0.881. The molecule has 3 rings (SSSR count). The van der Waals surface area contributed by atoms with E-state index in [0.717, 1.165) is 28.4 Å². The van der Waals surface area contributed by atoms with Gasteiger partial charge in [0.25, 0.3) is 0 Å². The zero-order valence-electron chi connectivity index (χ0n) is 14.0. The minimum absolute atomic E-state index is 0.425. The van der Waals surface area contributed by atoms with Crippen molar-refractivity contribution in [3.05, 3.63) is 54.6 Å². The van der Waals surface area contributed by atoms with Gasteiger partial charge in [0.15, 0.2) is 5.16 Å². The lowest BCUT2D eigenvalue weighted by Crippen LogP contribution is -2.39. The minimum Gasteiger partial charge on any atom is -0.351 e. The van der Waals surface area contributed by atoms with Gasteiger partial charge in [0.2, 0.25) is 5.91 Å². The van der Waals surface area contributed by atoms with Gasteiger partial charge in [-0.05, 0) is 31.2 Å². The van der Waals surface area contributed by atoms with Gasteiger partial charge in [-0.25, -0.2) is 14.8 Å². The van der Waals surface area contributed by atoms with Crippen LogP contribution < -0.4 is 16.4 Å². The van der Waals surface area contributed by atoms with Gasteiger partial charge in [0, 0.05) is 11.1 Å². The summed E-state index contributed by atoms with van der Waals surface area (Å²) in [7, 11) is 0. The molecule has 0 bridgehead atoms. The van der Waals surface area contributed by atoms with E-state index in [1.165, 1.54) is 0 Å². The third-order valence-corrected chi connectivity index (χ3v) is 4.48. The van der Waals surface area contributed by atoms with E-state index in [4.69, 9.17) is 5.73 Å². The van der Waals surface area contributed by atoms with Crippen LogP contribution in [0.2, 0.25) is 0 Å². The number of nitrogens with zero attached hydrogens (tertiary/aromatic N) is 2. The number of nitrogens with one attached hydrogen (secondary N) is 2. The second kappa shape index (κ2) is 7.83. The molecule has 0 aliphatic heterocycles. The number of carbonyl (C=O) groups is 2. The van der Waals surface area contributed by atoms with E-state index >= 15 is 0 Å². The number of aromatic nitrogens is 2. The van der Waals surface area contributed by atoms with E-state index in [-0.39, 0.29) is 0 Å². The van der Waals surface area contributed by atoms with Gasteiger partial charge in [-0.2, -0.15) is 0 Å². The molecule has 1 aromatic heterocycles. The van der Waals surface area contributed by atoms with Crippen LogP contribution >= 0.6 is 11.8 Å². The summed E-state index contributed by atoms with van der Waals surface area (Å²) in [6, 6.07) is 16.4. The smallest absolute Gasteiger partial charge is 0.318 e. The molecule has 1 heterocycles. The molecule has 0 aliphatic rings. The predicted molar refractivity (Wildman–Crippen MR) is 102 cm³/mol. The Balaban J connectivity index is 1.91. The molecule has 2 aromatic carbocycles. The Bertz CT molecular complexity index is 949. The average Bonchev–Trinajstić information content (AvgIpc) is 2.62. The fourth-order valence-electron chi connectivity index (χ4n) is 2.30. The van der Waals surface area contributed by atoms with Crippen molar-refractivity contribution in [3.63, 3.8) is 0 Å². The molecule has 0 spiro atoms. The van der Waals surface area contributed by atoms with Crippen LogP contribution in [-0.2, 0) is 4.79 Å². The van der Waals surface area contributed by atoms with Gasteiger partial charge in [-0.15, -0.1) is 0 Å². The Morgan fingerprint density at radius 3 is 2.46 bits per heavy atom. The third kappa shape index (κ3) is 4.28. The summed E-state index contributed by atoms with van der Waals surface area (Å²) in [4.78, 5) is 31.8. The van der Waals surface area contributed by atoms with Crippen molar-refractivity contribution in [2.45, 2.75) is 17.3 Å². The van der Waals surface area contributed by atoms with Crippen molar-refractivity contribution in [2.24, 2.45) is 5.73 Å². The number of hydrogen-bond acceptors (Lipinski definition) is 6. The molecule has 0 saturated heterocycles. The van der Waals surface area contributed by atoms with Crippen LogP contribution in [0.5, 0.6) is 0 Å². The maximum atomic E-state index is 11.9. The number of carbonyl (C=O) groups excluding carboxylic acids is 2. The van der Waals surface area contributed by atoms with Gasteiger partial charge in [-0.3, -0.25) is 10.1 Å². The number of amides is 3. The highest BCUT2D eigenvalue weighted by atomic mass is 32.2. The normalized spacial score (nSPS) is 11.7. The quantitative estimate of drug-likeness (QED) is 0.472. The molecule has 4 N–H and O–H groups in total. The van der Waals surface area contributed by atoms with E-state index in [1.54, 1.807) is 6.92 Å². The summed E-state index contributed by atoms with van der Waals surface area (Å²) in [5.74, 6) is 0.156. The molecule has 26 heavy (non-hydrogen) atoms. The molecule has 3 amide bonds. The second-order valence-electron chi connectivity index (χ2n) is 5.48. The highest BCUT2D eigenvalue weighted by Crippen LogP contribution is 2.28. The number of benzene rings is 2. The number of urea groups is 1. The Kier molecular flexibility index (Phi) is 5.33. The fraction of sp³-hybridized carbons (Fsp3) is 0.111. The van der Waals surface area contributed by atoms with E-state index in [9.17, 15) is 9.59 Å². The molecular weight excluding hydrogens is 350 g/mol. The lowest BCUT2D eigenvalue weighted by Gasteiger charge is -2.13. The van der Waals surface area contributed by atoms with Gasteiger partial charge in [0.05, 0.1) is 10.8 Å². The Hall–Kier alpha value is -3.13. The summed E-state index contributed by atoms with van der Waals surface area (Å²) in [5, 5.41) is 6.07. The lowest BCUT2D eigenvalue weighted by atomic mass is 10.2. The number of rotatable bonds is 5. The van der Waals surface area contributed by atoms with Crippen molar-refractivity contribution in [1.29, 1.82) is 0 Å². The van der Waals surface area contributed by atoms with Crippen molar-refractivity contribution >= 4 is 46.1 Å². The largest absolute Gasteiger partial charge is 0.351 e. The summed E-state index contributed by atoms with van der Waals surface area (Å²) >= 11 is 1.15. The number of anilines is 2. The summed E-state index contributed by atoms with van der Waals surface area (Å²) in [6.45, 7) is 1.66. The average molecular weight is 367 g/mol. The zero-order valence-corrected chi connectivity index (χ0v) is 14.8. The second-order valence-corrected chi connectivity index (χ2v) is 6.78. The third-order valence-electron chi connectivity index (χ3n) is 3.52. The van der Waals surface area contributed by atoms with Crippen LogP contribution in [0.1, 0.15) is 6.92 Å². The molecule has 1 unspecified atom stereocenters. The number of thioether (sulfide) groups is 1. The van der Waals surface area contributed by atoms with Gasteiger partial charge in [0.1, 0.15) is 5.82 Å². The maximum absolute atomic E-state index is 11.9. The number of nitrogens with two attached hydrogens (primary N) is 1. The molecule has 1 atom stereocenters. The Morgan fingerprint density at radius 1 is 1.04 bits per heavy atom. The van der Waals surface area contributed by atoms with Crippen LogP contribution in [0, 0.1) is 0 Å². The molecular formula is C18H17N5O2S. The van der Waals surface area contributed by atoms with Crippen molar-refractivity contribution in [1.82, 2.24) is 15.3 Å². The lowest BCUT2D eigenvalue weighted by molar-refractivity contribution is -0.119. The first-order valence-corrected chi connectivity index (χ1v) is 8.76. The standard InChI is InChI=1S/C18H17N5O2S/c1-11(16(24)23-17(19)25)26-18-21-14-10-6-5-9-13(14)15(22-18)20-12-7-3-2-4-8-12/h2-11H,1H3,(H,20,21,22)(H3,19,23,24,25). The number of hydrogen-bond donors (Lipinski definition) is 3. The number of para-hydroxylation sites is 2. The van der Waals surface area contributed by atoms with Crippen molar-refractivity contribution in [3.8, 4) is 0 Å². The molecule has 8 heteroatoms. The van der Waals surface area contributed by atoms with Gasteiger partial charge in [-0.1, -0.05) is 42.1 Å².